The summed E-state index contributed by atoms with van der Waals surface area (Å²) in [4.78, 5) is 27.5. The zero-order valence-electron chi connectivity index (χ0n) is 9.81. The fourth-order valence-corrected chi connectivity index (χ4v) is 2.02. The normalized spacial score (nSPS) is 16.8. The maximum absolute atomic E-state index is 12.1. The van der Waals surface area contributed by atoms with Crippen molar-refractivity contribution in [3.8, 4) is 0 Å². The van der Waals surface area contributed by atoms with Gasteiger partial charge in [-0.1, -0.05) is 0 Å². The smallest absolute Gasteiger partial charge is 0.254 e. The predicted molar refractivity (Wildman–Crippen MR) is 63.0 cm³/mol. The molecule has 0 aliphatic carbocycles. The molecule has 1 fully saturated rings. The number of pyridine rings is 1. The van der Waals surface area contributed by atoms with Gasteiger partial charge < -0.3 is 14.6 Å². The third-order valence-electron chi connectivity index (χ3n) is 3.08. The lowest BCUT2D eigenvalue weighted by Crippen LogP contribution is -2.40. The van der Waals surface area contributed by atoms with Gasteiger partial charge in [-0.3, -0.25) is 9.59 Å². The van der Waals surface area contributed by atoms with Gasteiger partial charge in [0.25, 0.3) is 5.91 Å². The van der Waals surface area contributed by atoms with Gasteiger partial charge in [0.1, 0.15) is 0 Å². The van der Waals surface area contributed by atoms with Gasteiger partial charge in [0, 0.05) is 44.1 Å². The number of rotatable bonds is 2. The van der Waals surface area contributed by atoms with Crippen molar-refractivity contribution >= 4 is 5.91 Å². The summed E-state index contributed by atoms with van der Waals surface area (Å²) in [5, 5.41) is 0. The van der Waals surface area contributed by atoms with Crippen LogP contribution < -0.4 is 5.56 Å². The first-order chi connectivity index (χ1) is 8.18. The van der Waals surface area contributed by atoms with Crippen LogP contribution in [0.25, 0.3) is 0 Å². The average molecular weight is 236 g/mol. The summed E-state index contributed by atoms with van der Waals surface area (Å²) < 4.78 is 5.26. The van der Waals surface area contributed by atoms with Crippen molar-refractivity contribution in [2.75, 3.05) is 20.3 Å². The maximum Gasteiger partial charge on any atom is 0.254 e. The molecule has 2 heterocycles. The second-order valence-corrected chi connectivity index (χ2v) is 4.20. The minimum atomic E-state index is -0.253. The highest BCUT2D eigenvalue weighted by molar-refractivity contribution is 5.94. The number of H-pyrrole nitrogens is 1. The molecule has 5 nitrogen and oxygen atoms in total. The van der Waals surface area contributed by atoms with Crippen molar-refractivity contribution in [2.24, 2.45) is 0 Å². The summed E-state index contributed by atoms with van der Waals surface area (Å²) in [6, 6.07) is 3.16. The molecule has 0 saturated carbocycles. The number of amides is 1. The standard InChI is InChI=1S/C12H16N2O3/c1-14(10-3-6-17-7-4-10)12(16)9-2-5-13-11(15)8-9/h2,5,8,10H,3-4,6-7H2,1H3,(H,13,15). The Hall–Kier alpha value is -1.62. The molecule has 1 aromatic rings. The van der Waals surface area contributed by atoms with Gasteiger partial charge in [-0.2, -0.15) is 0 Å². The SMILES string of the molecule is CN(C(=O)c1cc[nH]c(=O)c1)C1CCOCC1. The molecule has 17 heavy (non-hydrogen) atoms. The van der Waals surface area contributed by atoms with Gasteiger partial charge in [0.05, 0.1) is 0 Å². The van der Waals surface area contributed by atoms with Crippen LogP contribution in [0.5, 0.6) is 0 Å². The third-order valence-corrected chi connectivity index (χ3v) is 3.08. The van der Waals surface area contributed by atoms with Crippen molar-refractivity contribution in [2.45, 2.75) is 18.9 Å². The zero-order chi connectivity index (χ0) is 12.3. The second-order valence-electron chi connectivity index (χ2n) is 4.20. The highest BCUT2D eigenvalue weighted by Gasteiger charge is 2.23. The van der Waals surface area contributed by atoms with Gasteiger partial charge in [-0.25, -0.2) is 0 Å². The van der Waals surface area contributed by atoms with E-state index in [1.54, 1.807) is 18.0 Å². The van der Waals surface area contributed by atoms with Crippen LogP contribution in [0.4, 0.5) is 0 Å². The number of nitrogens with zero attached hydrogens (tertiary/aromatic N) is 1. The Balaban J connectivity index is 2.11. The number of hydrogen-bond acceptors (Lipinski definition) is 3. The summed E-state index contributed by atoms with van der Waals surface area (Å²) in [6.07, 6.45) is 3.20. The van der Waals surface area contributed by atoms with Crippen molar-refractivity contribution in [3.05, 3.63) is 34.2 Å². The summed E-state index contributed by atoms with van der Waals surface area (Å²) in [5.41, 5.74) is 0.180. The van der Waals surface area contributed by atoms with Crippen LogP contribution in [0.15, 0.2) is 23.1 Å². The number of carbonyl (C=O) groups excluding carboxylic acids is 1. The lowest BCUT2D eigenvalue weighted by Gasteiger charge is -2.31. The molecule has 1 saturated heterocycles. The van der Waals surface area contributed by atoms with Crippen LogP contribution in [0.2, 0.25) is 0 Å². The molecule has 1 N–H and O–H groups in total. The minimum absolute atomic E-state index is 0.108. The van der Waals surface area contributed by atoms with Crippen molar-refractivity contribution in [1.29, 1.82) is 0 Å². The van der Waals surface area contributed by atoms with Gasteiger partial charge >= 0.3 is 0 Å². The Kier molecular flexibility index (Phi) is 3.58. The molecule has 5 heteroatoms. The Morgan fingerprint density at radius 2 is 2.18 bits per heavy atom. The highest BCUT2D eigenvalue weighted by Crippen LogP contribution is 2.14. The Morgan fingerprint density at radius 1 is 1.47 bits per heavy atom. The molecular weight excluding hydrogens is 220 g/mol. The van der Waals surface area contributed by atoms with E-state index in [4.69, 9.17) is 4.74 Å². The fraction of sp³-hybridized carbons (Fsp3) is 0.500. The van der Waals surface area contributed by atoms with E-state index in [1.165, 1.54) is 12.3 Å². The number of aromatic amines is 1. The summed E-state index contributed by atoms with van der Waals surface area (Å²) >= 11 is 0. The molecule has 92 valence electrons. The predicted octanol–water partition coefficient (Wildman–Crippen LogP) is 0.626. The summed E-state index contributed by atoms with van der Waals surface area (Å²) in [5.74, 6) is -0.108. The molecular formula is C12H16N2O3. The van der Waals surface area contributed by atoms with E-state index in [2.05, 4.69) is 4.98 Å². The van der Waals surface area contributed by atoms with Crippen molar-refractivity contribution < 1.29 is 9.53 Å². The van der Waals surface area contributed by atoms with Crippen LogP contribution in [-0.2, 0) is 4.74 Å². The Bertz CT molecular complexity index is 449. The lowest BCUT2D eigenvalue weighted by molar-refractivity contribution is 0.0362. The molecule has 0 unspecified atom stereocenters. The maximum atomic E-state index is 12.1. The lowest BCUT2D eigenvalue weighted by atomic mass is 10.1. The molecule has 1 amide bonds. The zero-order valence-corrected chi connectivity index (χ0v) is 9.81. The topological polar surface area (TPSA) is 62.4 Å². The number of carbonyl (C=O) groups is 1. The van der Waals surface area contributed by atoms with Crippen molar-refractivity contribution in [3.63, 3.8) is 0 Å². The molecule has 0 bridgehead atoms. The molecule has 1 aliphatic rings. The monoisotopic (exact) mass is 236 g/mol. The Morgan fingerprint density at radius 3 is 2.82 bits per heavy atom. The van der Waals surface area contributed by atoms with Crippen LogP contribution in [0, 0.1) is 0 Å². The van der Waals surface area contributed by atoms with E-state index >= 15 is 0 Å². The van der Waals surface area contributed by atoms with E-state index in [9.17, 15) is 9.59 Å². The van der Waals surface area contributed by atoms with E-state index in [0.29, 0.717) is 18.8 Å². The number of hydrogen-bond donors (Lipinski definition) is 1. The average Bonchev–Trinajstić information content (AvgIpc) is 2.38. The van der Waals surface area contributed by atoms with E-state index in [-0.39, 0.29) is 17.5 Å². The molecule has 1 aliphatic heterocycles. The summed E-state index contributed by atoms with van der Waals surface area (Å²) in [6.45, 7) is 1.38. The minimum Gasteiger partial charge on any atom is -0.381 e. The second kappa shape index (κ2) is 5.14. The number of ether oxygens (including phenoxy) is 1. The van der Waals surface area contributed by atoms with Gasteiger partial charge in [-0.15, -0.1) is 0 Å². The van der Waals surface area contributed by atoms with Crippen molar-refractivity contribution in [1.82, 2.24) is 9.88 Å². The Labute approximate surface area is 99.4 Å². The van der Waals surface area contributed by atoms with E-state index < -0.39 is 0 Å². The van der Waals surface area contributed by atoms with Crippen LogP contribution >= 0.6 is 0 Å². The molecule has 0 radical (unpaired) electrons. The first kappa shape index (κ1) is 11.9. The first-order valence-electron chi connectivity index (χ1n) is 5.72. The van der Waals surface area contributed by atoms with Crippen LogP contribution in [0.1, 0.15) is 23.2 Å². The highest BCUT2D eigenvalue weighted by atomic mass is 16.5. The number of nitrogens with one attached hydrogen (secondary N) is 1. The largest absolute Gasteiger partial charge is 0.381 e. The van der Waals surface area contributed by atoms with Crippen LogP contribution in [-0.4, -0.2) is 42.1 Å². The van der Waals surface area contributed by atoms with Gasteiger partial charge in [0.2, 0.25) is 5.56 Å². The van der Waals surface area contributed by atoms with E-state index in [0.717, 1.165) is 12.8 Å². The fourth-order valence-electron chi connectivity index (χ4n) is 2.02. The molecule has 2 rings (SSSR count). The summed E-state index contributed by atoms with van der Waals surface area (Å²) in [7, 11) is 1.78. The molecule has 0 atom stereocenters. The quantitative estimate of drug-likeness (QED) is 0.819. The number of aromatic nitrogens is 1. The van der Waals surface area contributed by atoms with E-state index in [1.807, 2.05) is 0 Å². The molecule has 1 aromatic heterocycles. The van der Waals surface area contributed by atoms with Gasteiger partial charge in [-0.05, 0) is 18.9 Å². The van der Waals surface area contributed by atoms with Crippen LogP contribution in [0.3, 0.4) is 0 Å². The molecule has 0 spiro atoms. The first-order valence-corrected chi connectivity index (χ1v) is 5.72. The molecule has 0 aromatic carbocycles. The van der Waals surface area contributed by atoms with Gasteiger partial charge in [0.15, 0.2) is 0 Å². The third kappa shape index (κ3) is 2.74.